The molecule has 0 aromatic heterocycles. The first kappa shape index (κ1) is 12.6. The lowest BCUT2D eigenvalue weighted by Crippen LogP contribution is -2.35. The average molecular weight is 202 g/mol. The summed E-state index contributed by atoms with van der Waals surface area (Å²) in [6.07, 6.45) is 0.862. The van der Waals surface area contributed by atoms with Gasteiger partial charge in [0.25, 0.3) is 6.10 Å². The Kier molecular flexibility index (Phi) is 6.39. The topological polar surface area (TPSA) is 61.8 Å². The SMILES string of the molecule is C=CCCOC(C(=O)OC)C(=O)OC. The van der Waals surface area contributed by atoms with Gasteiger partial charge in [0.1, 0.15) is 0 Å². The number of carbonyl (C=O) groups is 2. The van der Waals surface area contributed by atoms with Crippen LogP contribution in [-0.4, -0.2) is 38.9 Å². The summed E-state index contributed by atoms with van der Waals surface area (Å²) in [7, 11) is 2.35. The highest BCUT2D eigenvalue weighted by molar-refractivity contribution is 5.97. The summed E-state index contributed by atoms with van der Waals surface area (Å²) in [5, 5.41) is 0. The molecular weight excluding hydrogens is 188 g/mol. The van der Waals surface area contributed by atoms with Crippen molar-refractivity contribution in [3.63, 3.8) is 0 Å². The molecule has 80 valence electrons. The number of methoxy groups -OCH3 is 2. The van der Waals surface area contributed by atoms with Crippen LogP contribution in [0.25, 0.3) is 0 Å². The Morgan fingerprint density at radius 3 is 2.14 bits per heavy atom. The molecule has 5 heteroatoms. The normalized spacial score (nSPS) is 9.64. The summed E-state index contributed by atoms with van der Waals surface area (Å²) in [5.74, 6) is -1.53. The third-order valence-electron chi connectivity index (χ3n) is 1.44. The molecule has 0 atom stereocenters. The van der Waals surface area contributed by atoms with Crippen LogP contribution in [0, 0.1) is 0 Å². The number of ether oxygens (including phenoxy) is 3. The quantitative estimate of drug-likeness (QED) is 0.268. The van der Waals surface area contributed by atoms with E-state index in [0.29, 0.717) is 6.42 Å². The summed E-state index contributed by atoms with van der Waals surface area (Å²) in [6.45, 7) is 3.70. The van der Waals surface area contributed by atoms with Gasteiger partial charge in [-0.15, -0.1) is 6.58 Å². The molecule has 0 bridgehead atoms. The number of hydrogen-bond acceptors (Lipinski definition) is 5. The smallest absolute Gasteiger partial charge is 0.346 e. The van der Waals surface area contributed by atoms with Crippen LogP contribution in [-0.2, 0) is 23.8 Å². The molecule has 0 amide bonds. The average Bonchev–Trinajstić information content (AvgIpc) is 2.22. The first-order chi connectivity index (χ1) is 6.67. The number of hydrogen-bond donors (Lipinski definition) is 0. The zero-order valence-corrected chi connectivity index (χ0v) is 8.32. The molecule has 0 aliphatic carbocycles. The molecule has 0 aliphatic heterocycles. The fourth-order valence-corrected chi connectivity index (χ4v) is 0.716. The van der Waals surface area contributed by atoms with E-state index in [-0.39, 0.29) is 6.61 Å². The van der Waals surface area contributed by atoms with Gasteiger partial charge in [-0.1, -0.05) is 6.08 Å². The van der Waals surface area contributed by atoms with Crippen molar-refractivity contribution < 1.29 is 23.8 Å². The summed E-state index contributed by atoms with van der Waals surface area (Å²) in [6, 6.07) is 0. The lowest BCUT2D eigenvalue weighted by Gasteiger charge is -2.12. The Bertz CT molecular complexity index is 195. The van der Waals surface area contributed by atoms with E-state index in [0.717, 1.165) is 0 Å². The van der Waals surface area contributed by atoms with Crippen molar-refractivity contribution in [2.75, 3.05) is 20.8 Å². The minimum Gasteiger partial charge on any atom is -0.467 e. The number of rotatable bonds is 6. The van der Waals surface area contributed by atoms with Crippen LogP contribution >= 0.6 is 0 Å². The van der Waals surface area contributed by atoms with Gasteiger partial charge in [0, 0.05) is 0 Å². The van der Waals surface area contributed by atoms with E-state index >= 15 is 0 Å². The van der Waals surface area contributed by atoms with E-state index in [4.69, 9.17) is 4.74 Å². The van der Waals surface area contributed by atoms with Gasteiger partial charge in [-0.2, -0.15) is 0 Å². The van der Waals surface area contributed by atoms with Crippen LogP contribution < -0.4 is 0 Å². The van der Waals surface area contributed by atoms with Crippen LogP contribution in [0.5, 0.6) is 0 Å². The molecular formula is C9H14O5. The Morgan fingerprint density at radius 2 is 1.79 bits per heavy atom. The molecule has 0 aromatic carbocycles. The first-order valence-electron chi connectivity index (χ1n) is 4.05. The zero-order valence-electron chi connectivity index (χ0n) is 8.32. The van der Waals surface area contributed by atoms with E-state index in [1.807, 2.05) is 0 Å². The Morgan fingerprint density at radius 1 is 1.29 bits per heavy atom. The van der Waals surface area contributed by atoms with E-state index in [1.54, 1.807) is 6.08 Å². The van der Waals surface area contributed by atoms with Crippen molar-refractivity contribution in [1.82, 2.24) is 0 Å². The second kappa shape index (κ2) is 7.08. The summed E-state index contributed by atoms with van der Waals surface area (Å²) in [4.78, 5) is 22.1. The molecule has 0 fully saturated rings. The van der Waals surface area contributed by atoms with Crippen molar-refractivity contribution in [3.05, 3.63) is 12.7 Å². The number of esters is 2. The summed E-state index contributed by atoms with van der Waals surface area (Å²) < 4.78 is 13.7. The second-order valence-electron chi connectivity index (χ2n) is 2.37. The summed E-state index contributed by atoms with van der Waals surface area (Å²) >= 11 is 0. The zero-order chi connectivity index (χ0) is 11.0. The van der Waals surface area contributed by atoms with Crippen LogP contribution in [0.15, 0.2) is 12.7 Å². The maximum Gasteiger partial charge on any atom is 0.346 e. The predicted molar refractivity (Wildman–Crippen MR) is 48.6 cm³/mol. The third-order valence-corrected chi connectivity index (χ3v) is 1.44. The number of carbonyl (C=O) groups excluding carboxylic acids is 2. The molecule has 0 radical (unpaired) electrons. The van der Waals surface area contributed by atoms with E-state index in [9.17, 15) is 9.59 Å². The fraction of sp³-hybridized carbons (Fsp3) is 0.556. The molecule has 0 aliphatic rings. The molecule has 0 aromatic rings. The van der Waals surface area contributed by atoms with Gasteiger partial charge in [0.05, 0.1) is 20.8 Å². The van der Waals surface area contributed by atoms with Gasteiger partial charge >= 0.3 is 11.9 Å². The minimum absolute atomic E-state index is 0.221. The molecule has 0 unspecified atom stereocenters. The maximum absolute atomic E-state index is 11.0. The van der Waals surface area contributed by atoms with Crippen molar-refractivity contribution in [1.29, 1.82) is 0 Å². The van der Waals surface area contributed by atoms with Crippen LogP contribution in [0.4, 0.5) is 0 Å². The third kappa shape index (κ3) is 4.04. The molecule has 14 heavy (non-hydrogen) atoms. The van der Waals surface area contributed by atoms with Crippen LogP contribution in [0.1, 0.15) is 6.42 Å². The molecule has 5 nitrogen and oxygen atoms in total. The molecule has 0 N–H and O–H groups in total. The van der Waals surface area contributed by atoms with Gasteiger partial charge in [0.15, 0.2) is 0 Å². The van der Waals surface area contributed by atoms with E-state index in [1.165, 1.54) is 14.2 Å². The van der Waals surface area contributed by atoms with Crippen molar-refractivity contribution in [3.8, 4) is 0 Å². The van der Waals surface area contributed by atoms with Crippen LogP contribution in [0.2, 0.25) is 0 Å². The highest BCUT2D eigenvalue weighted by Gasteiger charge is 2.29. The lowest BCUT2D eigenvalue weighted by atomic mass is 10.3. The lowest BCUT2D eigenvalue weighted by molar-refractivity contribution is -0.169. The largest absolute Gasteiger partial charge is 0.467 e. The van der Waals surface area contributed by atoms with E-state index in [2.05, 4.69) is 16.1 Å². The van der Waals surface area contributed by atoms with Gasteiger partial charge in [-0.3, -0.25) is 0 Å². The van der Waals surface area contributed by atoms with Gasteiger partial charge in [-0.25, -0.2) is 9.59 Å². The highest BCUT2D eigenvalue weighted by Crippen LogP contribution is 1.99. The molecule has 0 heterocycles. The van der Waals surface area contributed by atoms with Gasteiger partial charge in [0.2, 0.25) is 0 Å². The molecule has 0 rings (SSSR count). The van der Waals surface area contributed by atoms with Crippen LogP contribution in [0.3, 0.4) is 0 Å². The maximum atomic E-state index is 11.0. The van der Waals surface area contributed by atoms with Crippen molar-refractivity contribution in [2.24, 2.45) is 0 Å². The van der Waals surface area contributed by atoms with Gasteiger partial charge < -0.3 is 14.2 Å². The first-order valence-corrected chi connectivity index (χ1v) is 4.05. The Balaban J connectivity index is 4.17. The predicted octanol–water partition coefficient (Wildman–Crippen LogP) is 0.294. The highest BCUT2D eigenvalue weighted by atomic mass is 16.6. The van der Waals surface area contributed by atoms with Crippen molar-refractivity contribution >= 4 is 11.9 Å². The molecule has 0 saturated heterocycles. The Labute approximate surface area is 82.6 Å². The second-order valence-corrected chi connectivity index (χ2v) is 2.37. The summed E-state index contributed by atoms with van der Waals surface area (Å²) in [5.41, 5.74) is 0. The van der Waals surface area contributed by atoms with Crippen molar-refractivity contribution in [2.45, 2.75) is 12.5 Å². The monoisotopic (exact) mass is 202 g/mol. The van der Waals surface area contributed by atoms with Gasteiger partial charge in [-0.05, 0) is 6.42 Å². The molecule has 0 saturated carbocycles. The van der Waals surface area contributed by atoms with E-state index < -0.39 is 18.0 Å². The fourth-order valence-electron chi connectivity index (χ4n) is 0.716. The molecule has 0 spiro atoms. The standard InChI is InChI=1S/C9H14O5/c1-4-5-6-14-7(8(10)12-2)9(11)13-3/h4,7H,1,5-6H2,2-3H3. The minimum atomic E-state index is -1.30. The Hall–Kier alpha value is -1.36.